The third-order valence-corrected chi connectivity index (χ3v) is 10.3. The standard InChI is InChI=1S/C32H42BrClN2O6/c1-6-9-10-11-16-41-31(40)24-25-29(38)36(23(18-37)19(4)8-3)28(32(25)17-21(33)27(24)42-32)30(39)35(15-7-2)26-20(5)13-12-14-22(26)34/h6-7,12-14,19,21,23-25,27-28,37H,1-2,8-11,15-18H2,3-5H3/t19-,21?,23-,24-,25-,27-,28?,32?/m0/s1. The molecule has 3 aliphatic rings. The summed E-state index contributed by atoms with van der Waals surface area (Å²) in [7, 11) is 0. The predicted molar refractivity (Wildman–Crippen MR) is 167 cm³/mol. The Morgan fingerprint density at radius 2 is 2.07 bits per heavy atom. The van der Waals surface area contributed by atoms with E-state index in [1.54, 1.807) is 17.0 Å². The first-order chi connectivity index (χ1) is 20.1. The molecule has 1 aromatic rings. The molecule has 2 bridgehead atoms. The third-order valence-electron chi connectivity index (χ3n) is 9.16. The molecule has 4 rings (SSSR count). The number of para-hydroxylation sites is 1. The zero-order chi connectivity index (χ0) is 30.8. The van der Waals surface area contributed by atoms with Crippen molar-refractivity contribution in [2.75, 3.05) is 24.7 Å². The van der Waals surface area contributed by atoms with Gasteiger partial charge in [0.1, 0.15) is 11.6 Å². The van der Waals surface area contributed by atoms with E-state index in [1.165, 1.54) is 4.90 Å². The van der Waals surface area contributed by atoms with Crippen LogP contribution in [0.2, 0.25) is 5.02 Å². The Labute approximate surface area is 262 Å². The highest BCUT2D eigenvalue weighted by molar-refractivity contribution is 9.09. The number of alkyl halides is 1. The third kappa shape index (κ3) is 5.58. The first kappa shape index (κ1) is 32.7. The maximum atomic E-state index is 14.8. The second kappa shape index (κ2) is 13.6. The highest BCUT2D eigenvalue weighted by Gasteiger charge is 2.77. The van der Waals surface area contributed by atoms with Gasteiger partial charge in [0.15, 0.2) is 0 Å². The molecule has 3 heterocycles. The van der Waals surface area contributed by atoms with Crippen molar-refractivity contribution in [1.82, 2.24) is 4.90 Å². The lowest BCUT2D eigenvalue weighted by atomic mass is 9.70. The summed E-state index contributed by atoms with van der Waals surface area (Å²) < 4.78 is 12.3. The van der Waals surface area contributed by atoms with Crippen LogP contribution in [0.4, 0.5) is 5.69 Å². The summed E-state index contributed by atoms with van der Waals surface area (Å²) in [6.07, 6.45) is 6.18. The Morgan fingerprint density at radius 3 is 2.69 bits per heavy atom. The molecular formula is C32H42BrClN2O6. The summed E-state index contributed by atoms with van der Waals surface area (Å²) in [5.74, 6) is -3.15. The molecule has 3 fully saturated rings. The van der Waals surface area contributed by atoms with Crippen molar-refractivity contribution in [3.63, 3.8) is 0 Å². The first-order valence-electron chi connectivity index (χ1n) is 14.8. The van der Waals surface area contributed by atoms with E-state index in [9.17, 15) is 19.5 Å². The summed E-state index contributed by atoms with van der Waals surface area (Å²) in [6, 6.07) is 3.66. The van der Waals surface area contributed by atoms with Gasteiger partial charge in [-0.15, -0.1) is 13.2 Å². The van der Waals surface area contributed by atoms with Crippen molar-refractivity contribution < 1.29 is 29.0 Å². The quantitative estimate of drug-likeness (QED) is 0.127. The van der Waals surface area contributed by atoms with E-state index in [4.69, 9.17) is 21.1 Å². The van der Waals surface area contributed by atoms with E-state index in [0.717, 1.165) is 18.4 Å². The van der Waals surface area contributed by atoms with Crippen molar-refractivity contribution in [2.45, 2.75) is 81.5 Å². The van der Waals surface area contributed by atoms with Crippen LogP contribution in [0.3, 0.4) is 0 Å². The average Bonchev–Trinajstić information content (AvgIpc) is 3.55. The van der Waals surface area contributed by atoms with E-state index in [-0.39, 0.29) is 42.3 Å². The smallest absolute Gasteiger partial charge is 0.312 e. The van der Waals surface area contributed by atoms with Crippen LogP contribution >= 0.6 is 27.5 Å². The number of amides is 2. The van der Waals surface area contributed by atoms with Crippen LogP contribution in [0, 0.1) is 24.7 Å². The van der Waals surface area contributed by atoms with Gasteiger partial charge in [-0.25, -0.2) is 0 Å². The minimum Gasteiger partial charge on any atom is -0.465 e. The molecule has 1 aromatic carbocycles. The molecule has 3 aliphatic heterocycles. The number of aliphatic hydroxyl groups is 1. The first-order valence-corrected chi connectivity index (χ1v) is 16.1. The lowest BCUT2D eigenvalue weighted by molar-refractivity contribution is -0.156. The molecule has 3 unspecified atom stereocenters. The van der Waals surface area contributed by atoms with Crippen molar-refractivity contribution in [3.05, 3.63) is 54.1 Å². The van der Waals surface area contributed by atoms with Crippen LogP contribution in [0.25, 0.3) is 0 Å². The number of hydrogen-bond donors (Lipinski definition) is 1. The molecular weight excluding hydrogens is 624 g/mol. The SMILES string of the molecule is C=CCCCCOC(=O)[C@H]1[C@H]2C(=O)N([C@@H](CO)[C@@H](C)CC)C(C(=O)N(CC=C)c3c(C)cccc3Cl)C23CC(Br)[C@@H]1O3. The van der Waals surface area contributed by atoms with Gasteiger partial charge in [0.05, 0.1) is 47.9 Å². The van der Waals surface area contributed by atoms with Crippen LogP contribution in [0.15, 0.2) is 43.5 Å². The number of aryl methyl sites for hydroxylation is 1. The average molecular weight is 666 g/mol. The fourth-order valence-corrected chi connectivity index (χ4v) is 8.25. The maximum Gasteiger partial charge on any atom is 0.312 e. The predicted octanol–water partition coefficient (Wildman–Crippen LogP) is 5.22. The number of rotatable bonds is 14. The molecule has 3 saturated heterocycles. The number of carbonyl (C=O) groups is 3. The number of aliphatic hydroxyl groups excluding tert-OH is 1. The van der Waals surface area contributed by atoms with Gasteiger partial charge in [-0.3, -0.25) is 14.4 Å². The molecule has 1 spiro atoms. The Balaban J connectivity index is 1.80. The number of hydrogen-bond acceptors (Lipinski definition) is 6. The van der Waals surface area contributed by atoms with Gasteiger partial charge in [-0.05, 0) is 50.2 Å². The zero-order valence-electron chi connectivity index (χ0n) is 24.6. The number of halogens is 2. The molecule has 10 heteroatoms. The van der Waals surface area contributed by atoms with Gasteiger partial charge in [0.25, 0.3) is 5.91 Å². The minimum atomic E-state index is -1.28. The number of esters is 1. The number of anilines is 1. The maximum absolute atomic E-state index is 14.8. The second-order valence-corrected chi connectivity index (χ2v) is 13.2. The molecule has 8 atom stereocenters. The minimum absolute atomic E-state index is 0.119. The summed E-state index contributed by atoms with van der Waals surface area (Å²) in [5, 5.41) is 11.0. The topological polar surface area (TPSA) is 96.4 Å². The van der Waals surface area contributed by atoms with Gasteiger partial charge in [-0.2, -0.15) is 0 Å². The van der Waals surface area contributed by atoms with E-state index in [0.29, 0.717) is 30.0 Å². The molecule has 2 amide bonds. The Hall–Kier alpha value is -2.20. The van der Waals surface area contributed by atoms with Gasteiger partial charge in [0, 0.05) is 11.4 Å². The van der Waals surface area contributed by atoms with Gasteiger partial charge < -0.3 is 24.4 Å². The number of nitrogens with zero attached hydrogens (tertiary/aromatic N) is 2. The van der Waals surface area contributed by atoms with Crippen molar-refractivity contribution in [1.29, 1.82) is 0 Å². The van der Waals surface area contributed by atoms with Gasteiger partial charge in [0.2, 0.25) is 5.91 Å². The van der Waals surface area contributed by atoms with Crippen LogP contribution in [0.1, 0.15) is 51.5 Å². The summed E-state index contributed by atoms with van der Waals surface area (Å²) >= 11 is 10.3. The number of ether oxygens (including phenoxy) is 2. The Morgan fingerprint density at radius 1 is 1.33 bits per heavy atom. The highest BCUT2D eigenvalue weighted by atomic mass is 79.9. The van der Waals surface area contributed by atoms with Gasteiger partial charge >= 0.3 is 5.97 Å². The number of likely N-dealkylation sites (tertiary alicyclic amines) is 1. The summed E-state index contributed by atoms with van der Waals surface area (Å²) in [4.78, 5) is 45.7. The van der Waals surface area contributed by atoms with E-state index < -0.39 is 41.6 Å². The van der Waals surface area contributed by atoms with Crippen molar-refractivity contribution in [2.24, 2.45) is 17.8 Å². The molecule has 230 valence electrons. The largest absolute Gasteiger partial charge is 0.465 e. The monoisotopic (exact) mass is 664 g/mol. The Kier molecular flexibility index (Phi) is 10.6. The molecule has 0 aromatic heterocycles. The number of unbranched alkanes of at least 4 members (excludes halogenated alkanes) is 2. The lowest BCUT2D eigenvalue weighted by Gasteiger charge is -2.41. The fourth-order valence-electron chi connectivity index (χ4n) is 6.98. The number of benzene rings is 1. The molecule has 8 nitrogen and oxygen atoms in total. The Bertz CT molecular complexity index is 1190. The van der Waals surface area contributed by atoms with E-state index in [2.05, 4.69) is 29.1 Å². The molecule has 0 radical (unpaired) electrons. The lowest BCUT2D eigenvalue weighted by Crippen LogP contribution is -2.60. The van der Waals surface area contributed by atoms with Crippen LogP contribution in [-0.2, 0) is 23.9 Å². The molecule has 42 heavy (non-hydrogen) atoms. The zero-order valence-corrected chi connectivity index (χ0v) is 27.0. The summed E-state index contributed by atoms with van der Waals surface area (Å²) in [6.45, 7) is 13.4. The van der Waals surface area contributed by atoms with Gasteiger partial charge in [-0.1, -0.05) is 72.1 Å². The van der Waals surface area contributed by atoms with Crippen LogP contribution < -0.4 is 4.90 Å². The fraction of sp³-hybridized carbons (Fsp3) is 0.594. The summed E-state index contributed by atoms with van der Waals surface area (Å²) in [5.41, 5.74) is 0.0321. The molecule has 0 saturated carbocycles. The molecule has 1 N–H and O–H groups in total. The second-order valence-electron chi connectivity index (χ2n) is 11.6. The van der Waals surface area contributed by atoms with Crippen LogP contribution in [0.5, 0.6) is 0 Å². The normalized spacial score (nSPS) is 29.2. The van der Waals surface area contributed by atoms with Crippen molar-refractivity contribution >= 4 is 51.0 Å². The highest BCUT2D eigenvalue weighted by Crippen LogP contribution is 2.61. The number of carbonyl (C=O) groups excluding carboxylic acids is 3. The van der Waals surface area contributed by atoms with Crippen LogP contribution in [-0.4, -0.2) is 76.2 Å². The number of fused-ring (bicyclic) bond motifs is 1. The molecule has 0 aliphatic carbocycles. The van der Waals surface area contributed by atoms with Crippen molar-refractivity contribution in [3.8, 4) is 0 Å². The number of allylic oxidation sites excluding steroid dienone is 1. The van der Waals surface area contributed by atoms with E-state index in [1.807, 2.05) is 39.0 Å². The van der Waals surface area contributed by atoms with E-state index >= 15 is 0 Å².